The smallest absolute Gasteiger partial charge is 0.169 e. The standard InChI is InChI=1S/C13H8ClNOS/c1-8(16)12-6-11(14)13(17-12)10-4-2-9(7-15)3-5-10/h2-6H,1H3. The summed E-state index contributed by atoms with van der Waals surface area (Å²) in [5.74, 6) is 0.0109. The third-order valence-corrected chi connectivity index (χ3v) is 4.01. The van der Waals surface area contributed by atoms with Gasteiger partial charge in [0, 0.05) is 0 Å². The topological polar surface area (TPSA) is 40.9 Å². The van der Waals surface area contributed by atoms with Gasteiger partial charge in [0.25, 0.3) is 0 Å². The van der Waals surface area contributed by atoms with Crippen molar-refractivity contribution in [3.05, 3.63) is 45.8 Å². The molecule has 1 heterocycles. The first-order chi connectivity index (χ1) is 8.11. The van der Waals surface area contributed by atoms with Gasteiger partial charge in [0.2, 0.25) is 0 Å². The Kier molecular flexibility index (Phi) is 3.28. The molecule has 0 atom stereocenters. The van der Waals surface area contributed by atoms with Crippen molar-refractivity contribution in [2.24, 2.45) is 0 Å². The van der Waals surface area contributed by atoms with Crippen molar-refractivity contribution in [1.29, 1.82) is 5.26 Å². The van der Waals surface area contributed by atoms with Crippen LogP contribution in [0.15, 0.2) is 30.3 Å². The number of hydrogen-bond acceptors (Lipinski definition) is 3. The Morgan fingerprint density at radius 3 is 2.47 bits per heavy atom. The highest BCUT2D eigenvalue weighted by molar-refractivity contribution is 7.18. The maximum absolute atomic E-state index is 11.3. The molecule has 0 fully saturated rings. The van der Waals surface area contributed by atoms with Gasteiger partial charge < -0.3 is 0 Å². The Bertz CT molecular complexity index is 607. The van der Waals surface area contributed by atoms with E-state index in [4.69, 9.17) is 16.9 Å². The van der Waals surface area contributed by atoms with Crippen LogP contribution < -0.4 is 0 Å². The molecule has 0 saturated heterocycles. The van der Waals surface area contributed by atoms with Crippen molar-refractivity contribution < 1.29 is 4.79 Å². The third-order valence-electron chi connectivity index (χ3n) is 2.31. The zero-order chi connectivity index (χ0) is 12.4. The summed E-state index contributed by atoms with van der Waals surface area (Å²) < 4.78 is 0. The van der Waals surface area contributed by atoms with Gasteiger partial charge in [0.15, 0.2) is 5.78 Å². The van der Waals surface area contributed by atoms with Crippen molar-refractivity contribution in [2.45, 2.75) is 6.92 Å². The number of nitriles is 1. The summed E-state index contributed by atoms with van der Waals surface area (Å²) in [6, 6.07) is 10.9. The van der Waals surface area contributed by atoms with E-state index < -0.39 is 0 Å². The summed E-state index contributed by atoms with van der Waals surface area (Å²) in [7, 11) is 0. The van der Waals surface area contributed by atoms with Gasteiger partial charge in [-0.1, -0.05) is 23.7 Å². The molecule has 0 radical (unpaired) electrons. The van der Waals surface area contributed by atoms with E-state index in [2.05, 4.69) is 6.07 Å². The summed E-state index contributed by atoms with van der Waals surface area (Å²) in [5.41, 5.74) is 1.53. The average Bonchev–Trinajstić information content (AvgIpc) is 2.72. The first-order valence-corrected chi connectivity index (χ1v) is 6.12. The van der Waals surface area contributed by atoms with E-state index >= 15 is 0 Å². The van der Waals surface area contributed by atoms with Crippen LogP contribution in [-0.4, -0.2) is 5.78 Å². The molecule has 84 valence electrons. The number of thiophene rings is 1. The molecule has 0 spiro atoms. The molecule has 4 heteroatoms. The second-order valence-corrected chi connectivity index (χ2v) is 4.99. The number of hydrogen-bond donors (Lipinski definition) is 0. The van der Waals surface area contributed by atoms with Crippen molar-refractivity contribution in [1.82, 2.24) is 0 Å². The number of halogens is 1. The zero-order valence-electron chi connectivity index (χ0n) is 9.03. The van der Waals surface area contributed by atoms with E-state index in [1.165, 1.54) is 18.3 Å². The highest BCUT2D eigenvalue weighted by atomic mass is 35.5. The minimum Gasteiger partial charge on any atom is -0.294 e. The molecular formula is C13H8ClNOS. The van der Waals surface area contributed by atoms with Gasteiger partial charge in [0.05, 0.1) is 26.4 Å². The molecule has 0 aliphatic heterocycles. The lowest BCUT2D eigenvalue weighted by atomic mass is 10.1. The van der Waals surface area contributed by atoms with Gasteiger partial charge in [-0.25, -0.2) is 0 Å². The minimum atomic E-state index is 0.0109. The maximum atomic E-state index is 11.3. The molecule has 0 N–H and O–H groups in total. The van der Waals surface area contributed by atoms with Crippen LogP contribution >= 0.6 is 22.9 Å². The quantitative estimate of drug-likeness (QED) is 0.762. The number of ketones is 1. The molecule has 0 amide bonds. The molecule has 1 aromatic carbocycles. The maximum Gasteiger partial charge on any atom is 0.169 e. The predicted octanol–water partition coefficient (Wildman–Crippen LogP) is 4.14. The lowest BCUT2D eigenvalue weighted by Crippen LogP contribution is -1.83. The van der Waals surface area contributed by atoms with Gasteiger partial charge in [0.1, 0.15) is 0 Å². The fourth-order valence-corrected chi connectivity index (χ4v) is 2.78. The number of benzene rings is 1. The highest BCUT2D eigenvalue weighted by Crippen LogP contribution is 2.36. The number of carbonyl (C=O) groups excluding carboxylic acids is 1. The molecule has 0 bridgehead atoms. The molecule has 2 aromatic rings. The van der Waals surface area contributed by atoms with E-state index in [0.29, 0.717) is 15.5 Å². The van der Waals surface area contributed by atoms with Crippen LogP contribution in [0.3, 0.4) is 0 Å². The van der Waals surface area contributed by atoms with Crippen LogP contribution in [0.2, 0.25) is 5.02 Å². The molecule has 0 unspecified atom stereocenters. The van der Waals surface area contributed by atoms with Crippen molar-refractivity contribution in [2.75, 3.05) is 0 Å². The van der Waals surface area contributed by atoms with Crippen LogP contribution in [0.4, 0.5) is 0 Å². The van der Waals surface area contributed by atoms with Gasteiger partial charge in [-0.2, -0.15) is 5.26 Å². The van der Waals surface area contributed by atoms with E-state index in [-0.39, 0.29) is 5.78 Å². The average molecular weight is 262 g/mol. The first kappa shape index (κ1) is 11.8. The van der Waals surface area contributed by atoms with Crippen molar-refractivity contribution in [3.63, 3.8) is 0 Å². The minimum absolute atomic E-state index is 0.0109. The number of nitrogens with zero attached hydrogens (tertiary/aromatic N) is 1. The van der Waals surface area contributed by atoms with Gasteiger partial charge in [-0.15, -0.1) is 11.3 Å². The normalized spacial score (nSPS) is 9.94. The number of rotatable bonds is 2. The van der Waals surface area contributed by atoms with Crippen molar-refractivity contribution in [3.8, 4) is 16.5 Å². The van der Waals surface area contributed by atoms with E-state index in [1.807, 2.05) is 12.1 Å². The third kappa shape index (κ3) is 2.38. The van der Waals surface area contributed by atoms with E-state index in [1.54, 1.807) is 18.2 Å². The Balaban J connectivity index is 2.46. The lowest BCUT2D eigenvalue weighted by molar-refractivity contribution is 0.102. The fraction of sp³-hybridized carbons (Fsp3) is 0.0769. The Morgan fingerprint density at radius 2 is 2.00 bits per heavy atom. The summed E-state index contributed by atoms with van der Waals surface area (Å²) in [4.78, 5) is 12.8. The number of Topliss-reactive ketones (excluding diaryl/α,β-unsaturated/α-hetero) is 1. The molecular weight excluding hydrogens is 254 g/mol. The van der Waals surface area contributed by atoms with Crippen LogP contribution in [0.1, 0.15) is 22.2 Å². The Labute approximate surface area is 108 Å². The SMILES string of the molecule is CC(=O)c1cc(Cl)c(-c2ccc(C#N)cc2)s1. The summed E-state index contributed by atoms with van der Waals surface area (Å²) in [6.07, 6.45) is 0. The highest BCUT2D eigenvalue weighted by Gasteiger charge is 2.11. The lowest BCUT2D eigenvalue weighted by Gasteiger charge is -1.98. The Morgan fingerprint density at radius 1 is 1.35 bits per heavy atom. The van der Waals surface area contributed by atoms with Crippen molar-refractivity contribution >= 4 is 28.7 Å². The van der Waals surface area contributed by atoms with Gasteiger partial charge in [-0.05, 0) is 30.7 Å². The number of carbonyl (C=O) groups is 1. The second kappa shape index (κ2) is 4.70. The molecule has 0 saturated carbocycles. The predicted molar refractivity (Wildman–Crippen MR) is 69.5 cm³/mol. The second-order valence-electron chi connectivity index (χ2n) is 3.53. The monoisotopic (exact) mass is 261 g/mol. The summed E-state index contributed by atoms with van der Waals surface area (Å²) in [5, 5.41) is 9.29. The molecule has 0 aliphatic carbocycles. The van der Waals surface area contributed by atoms with Gasteiger partial charge >= 0.3 is 0 Å². The fourth-order valence-electron chi connectivity index (χ4n) is 1.44. The molecule has 0 aliphatic rings. The van der Waals surface area contributed by atoms with E-state index in [0.717, 1.165) is 10.4 Å². The van der Waals surface area contributed by atoms with E-state index in [9.17, 15) is 4.79 Å². The molecule has 17 heavy (non-hydrogen) atoms. The van der Waals surface area contributed by atoms with Crippen LogP contribution in [0.25, 0.3) is 10.4 Å². The van der Waals surface area contributed by atoms with Crippen LogP contribution in [-0.2, 0) is 0 Å². The largest absolute Gasteiger partial charge is 0.294 e. The summed E-state index contributed by atoms with van der Waals surface area (Å²) >= 11 is 7.46. The molecule has 2 nitrogen and oxygen atoms in total. The first-order valence-electron chi connectivity index (χ1n) is 4.92. The van der Waals surface area contributed by atoms with Crippen LogP contribution in [0, 0.1) is 11.3 Å². The van der Waals surface area contributed by atoms with Gasteiger partial charge in [-0.3, -0.25) is 4.79 Å². The van der Waals surface area contributed by atoms with Crippen LogP contribution in [0.5, 0.6) is 0 Å². The molecule has 2 rings (SSSR count). The molecule has 1 aromatic heterocycles. The summed E-state index contributed by atoms with van der Waals surface area (Å²) in [6.45, 7) is 1.52. The zero-order valence-corrected chi connectivity index (χ0v) is 10.6. The Hall–Kier alpha value is -1.63.